The van der Waals surface area contributed by atoms with E-state index in [0.717, 1.165) is 23.8 Å². The highest BCUT2D eigenvalue weighted by Crippen LogP contribution is 2.27. The molecule has 1 atom stereocenters. The summed E-state index contributed by atoms with van der Waals surface area (Å²) in [6, 6.07) is 7.74. The van der Waals surface area contributed by atoms with Gasteiger partial charge in [0.25, 0.3) is 0 Å². The summed E-state index contributed by atoms with van der Waals surface area (Å²) in [4.78, 5) is 16.4. The summed E-state index contributed by atoms with van der Waals surface area (Å²) >= 11 is 7.71. The van der Waals surface area contributed by atoms with E-state index in [2.05, 4.69) is 4.90 Å². The molecular weight excluding hydrogens is 368 g/mol. The van der Waals surface area contributed by atoms with Crippen molar-refractivity contribution in [3.8, 4) is 0 Å². The van der Waals surface area contributed by atoms with Gasteiger partial charge in [-0.25, -0.2) is 8.42 Å². The first kappa shape index (κ1) is 17.9. The first-order valence-corrected chi connectivity index (χ1v) is 11.3. The number of rotatable bonds is 4. The van der Waals surface area contributed by atoms with E-state index in [1.165, 1.54) is 11.8 Å². The summed E-state index contributed by atoms with van der Waals surface area (Å²) in [6.45, 7) is 2.87. The zero-order valence-corrected chi connectivity index (χ0v) is 15.7. The Balaban J connectivity index is 1.46. The molecule has 0 spiro atoms. The molecule has 2 heterocycles. The molecule has 0 aliphatic carbocycles. The van der Waals surface area contributed by atoms with Gasteiger partial charge in [0.15, 0.2) is 9.84 Å². The summed E-state index contributed by atoms with van der Waals surface area (Å²) in [6.07, 6.45) is 0.667. The Morgan fingerprint density at radius 2 is 1.92 bits per heavy atom. The molecule has 8 heteroatoms. The average Bonchev–Trinajstić information content (AvgIpc) is 2.92. The third-order valence-electron chi connectivity index (χ3n) is 4.46. The van der Waals surface area contributed by atoms with Crippen molar-refractivity contribution >= 4 is 44.8 Å². The van der Waals surface area contributed by atoms with Gasteiger partial charge in [-0.1, -0.05) is 23.7 Å². The molecule has 1 aromatic rings. The predicted molar refractivity (Wildman–Crippen MR) is 99.8 cm³/mol. The van der Waals surface area contributed by atoms with Crippen molar-refractivity contribution in [1.82, 2.24) is 4.90 Å². The number of amides is 1. The Labute approximate surface area is 152 Å². The molecule has 132 valence electrons. The van der Waals surface area contributed by atoms with Gasteiger partial charge >= 0.3 is 0 Å². The highest BCUT2D eigenvalue weighted by Gasteiger charge is 2.29. The summed E-state index contributed by atoms with van der Waals surface area (Å²) < 4.78 is 22.9. The quantitative estimate of drug-likeness (QED) is 0.788. The fourth-order valence-electron chi connectivity index (χ4n) is 3.08. The molecule has 3 rings (SSSR count). The fraction of sp³-hybridized carbons (Fsp3) is 0.562. The van der Waals surface area contributed by atoms with Crippen LogP contribution >= 0.6 is 23.4 Å². The van der Waals surface area contributed by atoms with Gasteiger partial charge in [-0.3, -0.25) is 4.79 Å². The van der Waals surface area contributed by atoms with Crippen LogP contribution in [-0.4, -0.2) is 67.9 Å². The number of piperazine rings is 1. The first-order chi connectivity index (χ1) is 11.4. The molecule has 0 radical (unpaired) electrons. The monoisotopic (exact) mass is 388 g/mol. The van der Waals surface area contributed by atoms with Crippen LogP contribution in [0.15, 0.2) is 24.3 Å². The van der Waals surface area contributed by atoms with E-state index in [0.29, 0.717) is 25.3 Å². The van der Waals surface area contributed by atoms with Gasteiger partial charge in [0, 0.05) is 31.4 Å². The maximum absolute atomic E-state index is 12.3. The van der Waals surface area contributed by atoms with Crippen molar-refractivity contribution in [2.45, 2.75) is 11.7 Å². The van der Waals surface area contributed by atoms with Crippen LogP contribution in [0.25, 0.3) is 0 Å². The second-order valence-electron chi connectivity index (χ2n) is 6.16. The highest BCUT2D eigenvalue weighted by atomic mass is 35.5. The number of thioether (sulfide) groups is 1. The standard InChI is InChI=1S/C16H21ClN2O3S2/c17-14-3-1-2-4-15(14)18-6-8-19(9-7-18)16(20)11-23-13-5-10-24(21,22)12-13/h1-4,13H,5-12H2/t13-/m1/s1. The van der Waals surface area contributed by atoms with E-state index < -0.39 is 9.84 Å². The Morgan fingerprint density at radius 3 is 2.54 bits per heavy atom. The predicted octanol–water partition coefficient (Wildman–Crippen LogP) is 1.91. The second kappa shape index (κ2) is 7.54. The molecule has 0 bridgehead atoms. The Bertz CT molecular complexity index is 703. The molecule has 0 N–H and O–H groups in total. The number of halogens is 1. The van der Waals surface area contributed by atoms with Crippen LogP contribution in [0.3, 0.4) is 0 Å². The number of hydrogen-bond donors (Lipinski definition) is 0. The molecule has 2 saturated heterocycles. The minimum Gasteiger partial charge on any atom is -0.367 e. The van der Waals surface area contributed by atoms with E-state index in [1.807, 2.05) is 29.2 Å². The number of sulfone groups is 1. The van der Waals surface area contributed by atoms with E-state index in [-0.39, 0.29) is 22.7 Å². The van der Waals surface area contributed by atoms with Crippen molar-refractivity contribution in [2.24, 2.45) is 0 Å². The SMILES string of the molecule is O=C(CS[C@@H]1CCS(=O)(=O)C1)N1CCN(c2ccccc2Cl)CC1. The number of carbonyl (C=O) groups is 1. The smallest absolute Gasteiger partial charge is 0.232 e. The van der Waals surface area contributed by atoms with Gasteiger partial charge in [-0.15, -0.1) is 11.8 Å². The summed E-state index contributed by atoms with van der Waals surface area (Å²) in [5, 5.41) is 0.804. The van der Waals surface area contributed by atoms with E-state index >= 15 is 0 Å². The maximum atomic E-state index is 12.3. The van der Waals surface area contributed by atoms with Gasteiger partial charge in [0.05, 0.1) is 28.0 Å². The van der Waals surface area contributed by atoms with Gasteiger partial charge in [0.2, 0.25) is 5.91 Å². The number of benzene rings is 1. The topological polar surface area (TPSA) is 57.7 Å². The zero-order valence-electron chi connectivity index (χ0n) is 13.4. The third kappa shape index (κ3) is 4.37. The lowest BCUT2D eigenvalue weighted by Crippen LogP contribution is -2.49. The molecule has 0 aromatic heterocycles. The minimum absolute atomic E-state index is 0.0726. The van der Waals surface area contributed by atoms with Crippen molar-refractivity contribution in [3.05, 3.63) is 29.3 Å². The van der Waals surface area contributed by atoms with Gasteiger partial charge in [0.1, 0.15) is 0 Å². The number of para-hydroxylation sites is 1. The third-order valence-corrected chi connectivity index (χ3v) is 8.04. The molecule has 1 amide bonds. The molecule has 0 unspecified atom stereocenters. The van der Waals surface area contributed by atoms with Gasteiger partial charge in [-0.05, 0) is 18.6 Å². The lowest BCUT2D eigenvalue weighted by molar-refractivity contribution is -0.128. The maximum Gasteiger partial charge on any atom is 0.232 e. The van der Waals surface area contributed by atoms with Crippen LogP contribution in [0, 0.1) is 0 Å². The average molecular weight is 389 g/mol. The number of carbonyl (C=O) groups excluding carboxylic acids is 1. The summed E-state index contributed by atoms with van der Waals surface area (Å²) in [5.74, 6) is 0.940. The zero-order chi connectivity index (χ0) is 17.2. The number of nitrogens with zero attached hydrogens (tertiary/aromatic N) is 2. The minimum atomic E-state index is -2.88. The Hall–Kier alpha value is -0.920. The van der Waals surface area contributed by atoms with E-state index in [9.17, 15) is 13.2 Å². The Morgan fingerprint density at radius 1 is 1.21 bits per heavy atom. The van der Waals surface area contributed by atoms with Gasteiger partial charge < -0.3 is 9.80 Å². The summed E-state index contributed by atoms with van der Waals surface area (Å²) in [5.41, 5.74) is 1.01. The van der Waals surface area contributed by atoms with Crippen molar-refractivity contribution in [2.75, 3.05) is 48.3 Å². The van der Waals surface area contributed by atoms with Crippen molar-refractivity contribution in [3.63, 3.8) is 0 Å². The normalized spacial score (nSPS) is 23.5. The highest BCUT2D eigenvalue weighted by molar-refractivity contribution is 8.02. The molecule has 0 saturated carbocycles. The molecule has 24 heavy (non-hydrogen) atoms. The molecule has 2 aliphatic heterocycles. The van der Waals surface area contributed by atoms with E-state index in [1.54, 1.807) is 0 Å². The Kier molecular flexibility index (Phi) is 5.62. The van der Waals surface area contributed by atoms with Crippen LogP contribution in [0.5, 0.6) is 0 Å². The first-order valence-electron chi connectivity index (χ1n) is 8.04. The lowest BCUT2D eigenvalue weighted by Gasteiger charge is -2.36. The largest absolute Gasteiger partial charge is 0.367 e. The van der Waals surface area contributed by atoms with Gasteiger partial charge in [-0.2, -0.15) is 0 Å². The fourth-order valence-corrected chi connectivity index (χ4v) is 6.88. The van der Waals surface area contributed by atoms with Crippen LogP contribution < -0.4 is 4.90 Å². The molecule has 2 fully saturated rings. The molecule has 2 aliphatic rings. The number of hydrogen-bond acceptors (Lipinski definition) is 5. The molecular formula is C16H21ClN2O3S2. The van der Waals surface area contributed by atoms with Crippen molar-refractivity contribution in [1.29, 1.82) is 0 Å². The van der Waals surface area contributed by atoms with Crippen LogP contribution in [-0.2, 0) is 14.6 Å². The lowest BCUT2D eigenvalue weighted by atomic mass is 10.2. The number of anilines is 1. The molecule has 5 nitrogen and oxygen atoms in total. The van der Waals surface area contributed by atoms with Crippen molar-refractivity contribution < 1.29 is 13.2 Å². The van der Waals surface area contributed by atoms with Crippen LogP contribution in [0.1, 0.15) is 6.42 Å². The van der Waals surface area contributed by atoms with Crippen LogP contribution in [0.2, 0.25) is 5.02 Å². The molecule has 1 aromatic carbocycles. The van der Waals surface area contributed by atoms with Crippen LogP contribution in [0.4, 0.5) is 5.69 Å². The summed E-state index contributed by atoms with van der Waals surface area (Å²) in [7, 11) is -2.88. The second-order valence-corrected chi connectivity index (χ2v) is 10.1. The van der Waals surface area contributed by atoms with E-state index in [4.69, 9.17) is 11.6 Å².